The minimum atomic E-state index is -0.862. The van der Waals surface area contributed by atoms with Gasteiger partial charge in [-0.2, -0.15) is 0 Å². The molecule has 1 aromatic carbocycles. The molecule has 0 spiro atoms. The van der Waals surface area contributed by atoms with Crippen LogP contribution < -0.4 is 5.73 Å². The van der Waals surface area contributed by atoms with E-state index in [0.717, 1.165) is 36.3 Å². The quantitative estimate of drug-likeness (QED) is 0.677. The van der Waals surface area contributed by atoms with E-state index in [9.17, 15) is 13.6 Å². The van der Waals surface area contributed by atoms with Gasteiger partial charge in [-0.1, -0.05) is 0 Å². The molecule has 2 aliphatic rings. The Hall–Kier alpha value is -2.42. The van der Waals surface area contributed by atoms with Crippen molar-refractivity contribution in [3.63, 3.8) is 0 Å². The molecule has 1 aliphatic carbocycles. The summed E-state index contributed by atoms with van der Waals surface area (Å²) < 4.78 is 32.8. The first-order valence-corrected chi connectivity index (χ1v) is 11.2. The van der Waals surface area contributed by atoms with E-state index in [2.05, 4.69) is 9.88 Å². The summed E-state index contributed by atoms with van der Waals surface area (Å²) >= 11 is 0. The molecule has 0 saturated carbocycles. The number of fused-ring (bicyclic) bond motifs is 1. The molecular weight excluding hydrogens is 414 g/mol. The van der Waals surface area contributed by atoms with Gasteiger partial charge in [-0.3, -0.25) is 14.7 Å². The van der Waals surface area contributed by atoms with Crippen LogP contribution in [0.5, 0.6) is 0 Å². The lowest BCUT2D eigenvalue weighted by Crippen LogP contribution is -2.44. The molecule has 2 aromatic rings. The largest absolute Gasteiger partial charge is 0.379 e. The second kappa shape index (κ2) is 10.5. The van der Waals surface area contributed by atoms with Crippen molar-refractivity contribution in [3.8, 4) is 0 Å². The Bertz CT molecular complexity index is 922. The Kier molecular flexibility index (Phi) is 7.44. The molecule has 8 heteroatoms. The van der Waals surface area contributed by atoms with Crippen LogP contribution in [0.2, 0.25) is 0 Å². The van der Waals surface area contributed by atoms with Gasteiger partial charge in [0, 0.05) is 63.5 Å². The molecule has 0 radical (unpaired) electrons. The topological polar surface area (TPSA) is 71.7 Å². The molecular formula is C24H30F2N4O2. The lowest BCUT2D eigenvalue weighted by Gasteiger charge is -2.31. The normalized spacial score (nSPS) is 19.5. The molecule has 1 aliphatic heterocycles. The fraction of sp³-hybridized carbons (Fsp3) is 0.500. The number of aromatic nitrogens is 1. The molecule has 1 aromatic heterocycles. The van der Waals surface area contributed by atoms with Gasteiger partial charge in [0.15, 0.2) is 11.6 Å². The van der Waals surface area contributed by atoms with Crippen LogP contribution in [-0.4, -0.2) is 66.1 Å². The van der Waals surface area contributed by atoms with Gasteiger partial charge in [-0.05, 0) is 53.8 Å². The summed E-state index contributed by atoms with van der Waals surface area (Å²) in [4.78, 5) is 21.5. The van der Waals surface area contributed by atoms with Gasteiger partial charge in [-0.25, -0.2) is 8.78 Å². The van der Waals surface area contributed by atoms with Crippen molar-refractivity contribution < 1.29 is 18.3 Å². The highest BCUT2D eigenvalue weighted by molar-refractivity contribution is 5.77. The van der Waals surface area contributed by atoms with Gasteiger partial charge in [0.25, 0.3) is 0 Å². The van der Waals surface area contributed by atoms with Gasteiger partial charge >= 0.3 is 0 Å². The van der Waals surface area contributed by atoms with Crippen molar-refractivity contribution in [1.82, 2.24) is 14.8 Å². The lowest BCUT2D eigenvalue weighted by molar-refractivity contribution is -0.132. The summed E-state index contributed by atoms with van der Waals surface area (Å²) in [6.07, 6.45) is 4.95. The maximum atomic E-state index is 13.8. The number of pyridine rings is 1. The average Bonchev–Trinajstić information content (AvgIpc) is 3.20. The van der Waals surface area contributed by atoms with Gasteiger partial charge in [0.05, 0.1) is 13.2 Å². The zero-order valence-corrected chi connectivity index (χ0v) is 18.2. The van der Waals surface area contributed by atoms with Gasteiger partial charge < -0.3 is 15.4 Å². The van der Waals surface area contributed by atoms with Crippen LogP contribution in [0.3, 0.4) is 0 Å². The summed E-state index contributed by atoms with van der Waals surface area (Å²) in [6, 6.07) is 5.87. The molecule has 2 unspecified atom stereocenters. The first-order chi connectivity index (χ1) is 15.5. The number of hydrogen-bond acceptors (Lipinski definition) is 5. The first kappa shape index (κ1) is 22.8. The molecule has 32 heavy (non-hydrogen) atoms. The van der Waals surface area contributed by atoms with E-state index in [-0.39, 0.29) is 18.2 Å². The molecule has 6 nitrogen and oxygen atoms in total. The van der Waals surface area contributed by atoms with E-state index in [1.54, 1.807) is 12.4 Å². The van der Waals surface area contributed by atoms with Gasteiger partial charge in [0.2, 0.25) is 5.91 Å². The number of rotatable bonds is 8. The maximum absolute atomic E-state index is 13.8. The number of nitrogens with zero attached hydrogens (tertiary/aromatic N) is 3. The number of ether oxygens (including phenoxy) is 1. The third-order valence-corrected chi connectivity index (χ3v) is 6.50. The third-order valence-electron chi connectivity index (χ3n) is 6.50. The number of benzene rings is 1. The SMILES string of the molecule is NC(CC(=O)N(CCN1CCOCC1)Cc1ccncc1)C1CCc2cc(F)c(F)cc21. The maximum Gasteiger partial charge on any atom is 0.224 e. The third kappa shape index (κ3) is 5.49. The summed E-state index contributed by atoms with van der Waals surface area (Å²) in [5.41, 5.74) is 8.98. The van der Waals surface area contributed by atoms with Crippen LogP contribution in [0, 0.1) is 11.6 Å². The Balaban J connectivity index is 1.42. The number of carbonyl (C=O) groups excluding carboxylic acids is 1. The van der Waals surface area contributed by atoms with Crippen LogP contribution in [0.1, 0.15) is 35.4 Å². The molecule has 2 N–H and O–H groups in total. The number of aryl methyl sites for hydroxylation is 1. The molecule has 172 valence electrons. The summed E-state index contributed by atoms with van der Waals surface area (Å²) in [6.45, 7) is 4.99. The predicted molar refractivity (Wildman–Crippen MR) is 117 cm³/mol. The number of halogens is 2. The average molecular weight is 445 g/mol. The molecule has 1 amide bonds. The Morgan fingerprint density at radius 2 is 1.94 bits per heavy atom. The predicted octanol–water partition coefficient (Wildman–Crippen LogP) is 2.47. The van der Waals surface area contributed by atoms with E-state index < -0.39 is 17.7 Å². The van der Waals surface area contributed by atoms with Crippen LogP contribution >= 0.6 is 0 Å². The summed E-state index contributed by atoms with van der Waals surface area (Å²) in [5.74, 6) is -1.87. The number of amides is 1. The summed E-state index contributed by atoms with van der Waals surface area (Å²) in [5, 5.41) is 0. The lowest BCUT2D eigenvalue weighted by atomic mass is 9.91. The van der Waals surface area contributed by atoms with Crippen molar-refractivity contribution in [3.05, 3.63) is 65.0 Å². The number of morpholine rings is 1. The highest BCUT2D eigenvalue weighted by Crippen LogP contribution is 2.37. The van der Waals surface area contributed by atoms with Gasteiger partial charge in [0.1, 0.15) is 0 Å². The fourth-order valence-corrected chi connectivity index (χ4v) is 4.64. The van der Waals surface area contributed by atoms with E-state index in [0.29, 0.717) is 39.1 Å². The molecule has 1 saturated heterocycles. The van der Waals surface area contributed by atoms with E-state index in [1.807, 2.05) is 17.0 Å². The first-order valence-electron chi connectivity index (χ1n) is 11.2. The standard InChI is InChI=1S/C24H30F2N4O2/c25-21-13-18-1-2-19(20(18)14-22(21)26)23(27)15-24(31)30(16-17-3-5-28-6-4-17)8-7-29-9-11-32-12-10-29/h3-6,13-14,19,23H,1-2,7-12,15-16,27H2. The zero-order valence-electron chi connectivity index (χ0n) is 18.2. The Morgan fingerprint density at radius 3 is 2.69 bits per heavy atom. The van der Waals surface area contributed by atoms with Crippen LogP contribution in [-0.2, 0) is 22.5 Å². The highest BCUT2D eigenvalue weighted by atomic mass is 19.2. The Labute approximate surface area is 187 Å². The van der Waals surface area contributed by atoms with Gasteiger partial charge in [-0.15, -0.1) is 0 Å². The molecule has 1 fully saturated rings. The molecule has 2 heterocycles. The van der Waals surface area contributed by atoms with Crippen molar-refractivity contribution in [1.29, 1.82) is 0 Å². The van der Waals surface area contributed by atoms with Crippen molar-refractivity contribution in [2.45, 2.75) is 37.8 Å². The Morgan fingerprint density at radius 1 is 1.22 bits per heavy atom. The van der Waals surface area contributed by atoms with Crippen molar-refractivity contribution >= 4 is 5.91 Å². The van der Waals surface area contributed by atoms with Crippen LogP contribution in [0.25, 0.3) is 0 Å². The van der Waals surface area contributed by atoms with Crippen molar-refractivity contribution in [2.24, 2.45) is 5.73 Å². The van der Waals surface area contributed by atoms with Crippen LogP contribution in [0.4, 0.5) is 8.78 Å². The molecule has 0 bridgehead atoms. The zero-order chi connectivity index (χ0) is 22.5. The number of carbonyl (C=O) groups is 1. The van der Waals surface area contributed by atoms with Crippen LogP contribution in [0.15, 0.2) is 36.7 Å². The molecule has 4 rings (SSSR count). The van der Waals surface area contributed by atoms with E-state index in [4.69, 9.17) is 10.5 Å². The monoisotopic (exact) mass is 444 g/mol. The fourth-order valence-electron chi connectivity index (χ4n) is 4.64. The number of hydrogen-bond donors (Lipinski definition) is 1. The minimum absolute atomic E-state index is 0.0291. The smallest absolute Gasteiger partial charge is 0.224 e. The second-order valence-electron chi connectivity index (χ2n) is 8.60. The number of nitrogens with two attached hydrogens (primary N) is 1. The van der Waals surface area contributed by atoms with E-state index in [1.165, 1.54) is 12.1 Å². The second-order valence-corrected chi connectivity index (χ2v) is 8.60. The summed E-state index contributed by atoms with van der Waals surface area (Å²) in [7, 11) is 0. The van der Waals surface area contributed by atoms with E-state index >= 15 is 0 Å². The van der Waals surface area contributed by atoms with Crippen molar-refractivity contribution in [2.75, 3.05) is 39.4 Å². The molecule has 2 atom stereocenters. The minimum Gasteiger partial charge on any atom is -0.379 e. The highest BCUT2D eigenvalue weighted by Gasteiger charge is 2.31.